The molecule has 0 aliphatic heterocycles. The van der Waals surface area contributed by atoms with Gasteiger partial charge in [0.15, 0.2) is 0 Å². The molecule has 3 heteroatoms. The first-order valence-corrected chi connectivity index (χ1v) is 2.48. The lowest BCUT2D eigenvalue weighted by molar-refractivity contribution is -0.139. The Morgan fingerprint density at radius 3 is 2.78 bits per heavy atom. The number of hydrogen-bond donors (Lipinski definition) is 0. The zero-order valence-electron chi connectivity index (χ0n) is 5.16. The van der Waals surface area contributed by atoms with E-state index in [1.54, 1.807) is 0 Å². The Balaban J connectivity index is 3.37. The summed E-state index contributed by atoms with van der Waals surface area (Å²) in [5.41, 5.74) is 0. The summed E-state index contributed by atoms with van der Waals surface area (Å²) in [6.45, 7) is 0. The van der Waals surface area contributed by atoms with Gasteiger partial charge in [-0.05, 0) is 6.08 Å². The van der Waals surface area contributed by atoms with Gasteiger partial charge in [0, 0.05) is 0 Å². The largest absolute Gasteiger partial charge is 0.469 e. The van der Waals surface area contributed by atoms with Crippen molar-refractivity contribution in [1.82, 2.24) is 0 Å². The van der Waals surface area contributed by atoms with E-state index in [1.165, 1.54) is 19.3 Å². The highest BCUT2D eigenvalue weighted by atomic mass is 16.5. The van der Waals surface area contributed by atoms with Crippen molar-refractivity contribution in [3.63, 3.8) is 0 Å². The van der Waals surface area contributed by atoms with Crippen LogP contribution in [0.5, 0.6) is 0 Å². The van der Waals surface area contributed by atoms with E-state index in [4.69, 9.17) is 0 Å². The summed E-state index contributed by atoms with van der Waals surface area (Å²) >= 11 is 0. The van der Waals surface area contributed by atoms with Gasteiger partial charge in [0.2, 0.25) is 0 Å². The third kappa shape index (κ3) is 4.74. The summed E-state index contributed by atoms with van der Waals surface area (Å²) in [7, 11) is 1.30. The van der Waals surface area contributed by atoms with Crippen molar-refractivity contribution >= 4 is 12.3 Å². The van der Waals surface area contributed by atoms with Gasteiger partial charge in [-0.15, -0.1) is 0 Å². The van der Waals surface area contributed by atoms with Crippen LogP contribution >= 0.6 is 0 Å². The van der Waals surface area contributed by atoms with E-state index >= 15 is 0 Å². The van der Waals surface area contributed by atoms with Crippen LogP contribution in [0.25, 0.3) is 0 Å². The molecule has 0 saturated heterocycles. The van der Waals surface area contributed by atoms with Crippen LogP contribution in [0, 0.1) is 0 Å². The minimum Gasteiger partial charge on any atom is -0.469 e. The zero-order valence-corrected chi connectivity index (χ0v) is 5.16. The molecule has 0 spiro atoms. The van der Waals surface area contributed by atoms with Crippen LogP contribution in [0.2, 0.25) is 0 Å². The molecule has 3 nitrogen and oxygen atoms in total. The van der Waals surface area contributed by atoms with Crippen LogP contribution < -0.4 is 0 Å². The van der Waals surface area contributed by atoms with E-state index in [0.717, 1.165) is 0 Å². The van der Waals surface area contributed by atoms with Crippen molar-refractivity contribution in [3.05, 3.63) is 12.2 Å². The lowest BCUT2D eigenvalue weighted by atomic mass is 10.4. The van der Waals surface area contributed by atoms with E-state index in [0.29, 0.717) is 6.29 Å². The fourth-order valence-electron chi connectivity index (χ4n) is 0.303. The second kappa shape index (κ2) is 5.03. The van der Waals surface area contributed by atoms with Crippen LogP contribution in [0.15, 0.2) is 12.2 Å². The van der Waals surface area contributed by atoms with E-state index in [2.05, 4.69) is 4.74 Å². The normalized spacial score (nSPS) is 9.44. The average molecular weight is 128 g/mol. The molecule has 0 atom stereocenters. The number of hydrogen-bond acceptors (Lipinski definition) is 3. The Bertz CT molecular complexity index is 126. The monoisotopic (exact) mass is 128 g/mol. The van der Waals surface area contributed by atoms with Gasteiger partial charge in [0.05, 0.1) is 13.5 Å². The molecule has 9 heavy (non-hydrogen) atoms. The van der Waals surface area contributed by atoms with Crippen LogP contribution in [0.3, 0.4) is 0 Å². The first-order chi connectivity index (χ1) is 4.31. The minimum absolute atomic E-state index is 0.162. The molecule has 0 aromatic heterocycles. The molecule has 0 saturated carbocycles. The molecule has 0 unspecified atom stereocenters. The van der Waals surface area contributed by atoms with E-state index in [1.807, 2.05) is 0 Å². The number of allylic oxidation sites excluding steroid dienone is 1. The standard InChI is InChI=1S/C6H8O3/c1-9-6(8)4-2-3-5-7/h2-3,5H,4H2,1H3/b3-2+. The number of ether oxygens (including phenoxy) is 1. The molecular weight excluding hydrogens is 120 g/mol. The van der Waals surface area contributed by atoms with Gasteiger partial charge in [-0.25, -0.2) is 0 Å². The number of methoxy groups -OCH3 is 1. The topological polar surface area (TPSA) is 43.4 Å². The average Bonchev–Trinajstić information content (AvgIpc) is 1.89. The van der Waals surface area contributed by atoms with Gasteiger partial charge in [-0.2, -0.15) is 0 Å². The third-order valence-corrected chi connectivity index (χ3v) is 0.727. The maximum atomic E-state index is 10.3. The summed E-state index contributed by atoms with van der Waals surface area (Å²) < 4.78 is 4.29. The second-order valence-electron chi connectivity index (χ2n) is 1.34. The lowest BCUT2D eigenvalue weighted by Gasteiger charge is -1.89. The molecule has 0 aromatic carbocycles. The molecule has 0 heterocycles. The van der Waals surface area contributed by atoms with Crippen LogP contribution in [-0.4, -0.2) is 19.4 Å². The Labute approximate surface area is 53.3 Å². The maximum absolute atomic E-state index is 10.3. The van der Waals surface area contributed by atoms with Crippen molar-refractivity contribution in [2.24, 2.45) is 0 Å². The number of carbonyl (C=O) groups excluding carboxylic acids is 2. The van der Waals surface area contributed by atoms with Gasteiger partial charge in [0.1, 0.15) is 6.29 Å². The molecule has 0 bridgehead atoms. The number of esters is 1. The summed E-state index contributed by atoms with van der Waals surface area (Å²) in [6.07, 6.45) is 3.48. The predicted octanol–water partition coefficient (Wildman–Crippen LogP) is 0.305. The molecule has 0 fully saturated rings. The van der Waals surface area contributed by atoms with Crippen molar-refractivity contribution in [2.75, 3.05) is 7.11 Å². The highest BCUT2D eigenvalue weighted by Crippen LogP contribution is 1.83. The minimum atomic E-state index is -0.340. The van der Waals surface area contributed by atoms with Gasteiger partial charge in [-0.3, -0.25) is 9.59 Å². The molecule has 0 aromatic rings. The molecule has 50 valence electrons. The van der Waals surface area contributed by atoms with Crippen LogP contribution in [-0.2, 0) is 14.3 Å². The van der Waals surface area contributed by atoms with Gasteiger partial charge in [0.25, 0.3) is 0 Å². The van der Waals surface area contributed by atoms with Gasteiger partial charge >= 0.3 is 5.97 Å². The second-order valence-corrected chi connectivity index (χ2v) is 1.34. The quantitative estimate of drug-likeness (QED) is 0.312. The van der Waals surface area contributed by atoms with Crippen LogP contribution in [0.4, 0.5) is 0 Å². The molecule has 0 amide bonds. The molecular formula is C6H8O3. The number of rotatable bonds is 3. The highest BCUT2D eigenvalue weighted by molar-refractivity contribution is 5.73. The first-order valence-electron chi connectivity index (χ1n) is 2.48. The van der Waals surface area contributed by atoms with E-state index < -0.39 is 0 Å². The first kappa shape index (κ1) is 7.88. The Kier molecular flexibility index (Phi) is 4.40. The fraction of sp³-hybridized carbons (Fsp3) is 0.333. The predicted molar refractivity (Wildman–Crippen MR) is 31.8 cm³/mol. The fourth-order valence-corrected chi connectivity index (χ4v) is 0.303. The Morgan fingerprint density at radius 1 is 1.67 bits per heavy atom. The van der Waals surface area contributed by atoms with Crippen molar-refractivity contribution < 1.29 is 14.3 Å². The molecule has 0 aliphatic carbocycles. The maximum Gasteiger partial charge on any atom is 0.309 e. The molecule has 0 rings (SSSR count). The summed E-state index contributed by atoms with van der Waals surface area (Å²) in [6, 6.07) is 0. The molecule has 0 radical (unpaired) electrons. The lowest BCUT2D eigenvalue weighted by Crippen LogP contribution is -1.96. The number of aldehydes is 1. The summed E-state index contributed by atoms with van der Waals surface area (Å²) in [4.78, 5) is 19.9. The molecule has 0 aliphatic rings. The summed E-state index contributed by atoms with van der Waals surface area (Å²) in [5, 5.41) is 0. The van der Waals surface area contributed by atoms with Gasteiger partial charge in [-0.1, -0.05) is 6.08 Å². The van der Waals surface area contributed by atoms with Crippen molar-refractivity contribution in [3.8, 4) is 0 Å². The zero-order chi connectivity index (χ0) is 7.11. The van der Waals surface area contributed by atoms with Crippen molar-refractivity contribution in [2.45, 2.75) is 6.42 Å². The van der Waals surface area contributed by atoms with E-state index in [-0.39, 0.29) is 12.4 Å². The van der Waals surface area contributed by atoms with Crippen molar-refractivity contribution in [1.29, 1.82) is 0 Å². The summed E-state index contributed by atoms with van der Waals surface area (Å²) in [5.74, 6) is -0.340. The smallest absolute Gasteiger partial charge is 0.309 e. The highest BCUT2D eigenvalue weighted by Gasteiger charge is 1.91. The van der Waals surface area contributed by atoms with Crippen LogP contribution in [0.1, 0.15) is 6.42 Å². The third-order valence-electron chi connectivity index (χ3n) is 0.727. The Hall–Kier alpha value is -1.12. The van der Waals surface area contributed by atoms with E-state index in [9.17, 15) is 9.59 Å². The molecule has 0 N–H and O–H groups in total. The number of carbonyl (C=O) groups is 2. The Morgan fingerprint density at radius 2 is 2.33 bits per heavy atom. The van der Waals surface area contributed by atoms with Gasteiger partial charge < -0.3 is 4.74 Å². The SMILES string of the molecule is COC(=O)C/C=C/C=O.